The molecule has 4 N–H and O–H groups in total. The standard InChI is InChI=1S/C14H9NO6S/c15-8-5-9(22(19,20)21)14(18)11-10(8)12(16)6-3-1-2-4-7(6)13(11)17/h1-5,18H,15H2,(H,19,20,21). The Morgan fingerprint density at radius 3 is 1.95 bits per heavy atom. The maximum absolute atomic E-state index is 12.5. The number of aromatic hydroxyl groups is 1. The summed E-state index contributed by atoms with van der Waals surface area (Å²) >= 11 is 0. The van der Waals surface area contributed by atoms with Crippen molar-refractivity contribution in [1.82, 2.24) is 0 Å². The summed E-state index contributed by atoms with van der Waals surface area (Å²) in [6.07, 6.45) is 0. The van der Waals surface area contributed by atoms with Crippen LogP contribution in [-0.4, -0.2) is 29.6 Å². The number of fused-ring (bicyclic) bond motifs is 2. The number of benzene rings is 2. The van der Waals surface area contributed by atoms with E-state index < -0.39 is 37.9 Å². The van der Waals surface area contributed by atoms with Crippen LogP contribution >= 0.6 is 0 Å². The Balaban J connectivity index is 2.44. The van der Waals surface area contributed by atoms with Gasteiger partial charge in [0, 0.05) is 16.8 Å². The molecule has 0 fully saturated rings. The predicted molar refractivity (Wildman–Crippen MR) is 75.6 cm³/mol. The lowest BCUT2D eigenvalue weighted by Crippen LogP contribution is -2.23. The third-order valence-corrected chi connectivity index (χ3v) is 4.31. The van der Waals surface area contributed by atoms with Gasteiger partial charge in [-0.15, -0.1) is 0 Å². The zero-order chi connectivity index (χ0) is 16.2. The average molecular weight is 319 g/mol. The molecular weight excluding hydrogens is 310 g/mol. The summed E-state index contributed by atoms with van der Waals surface area (Å²) in [5.74, 6) is -2.32. The van der Waals surface area contributed by atoms with Crippen molar-refractivity contribution in [1.29, 1.82) is 0 Å². The van der Waals surface area contributed by atoms with Gasteiger partial charge in [0.1, 0.15) is 10.6 Å². The Bertz CT molecular complexity index is 962. The molecule has 1 aliphatic carbocycles. The first kappa shape index (κ1) is 14.2. The van der Waals surface area contributed by atoms with E-state index >= 15 is 0 Å². The summed E-state index contributed by atoms with van der Waals surface area (Å²) in [5.41, 5.74) is 4.71. The van der Waals surface area contributed by atoms with Gasteiger partial charge in [0.2, 0.25) is 0 Å². The Morgan fingerprint density at radius 1 is 0.955 bits per heavy atom. The van der Waals surface area contributed by atoms with Crippen molar-refractivity contribution in [2.24, 2.45) is 0 Å². The lowest BCUT2D eigenvalue weighted by molar-refractivity contribution is 0.0977. The minimum absolute atomic E-state index is 0.0298. The number of hydrogen-bond donors (Lipinski definition) is 3. The van der Waals surface area contributed by atoms with Crippen LogP contribution < -0.4 is 5.73 Å². The highest BCUT2D eigenvalue weighted by Crippen LogP contribution is 2.39. The van der Waals surface area contributed by atoms with E-state index in [2.05, 4.69) is 0 Å². The zero-order valence-electron chi connectivity index (χ0n) is 10.9. The molecule has 0 saturated heterocycles. The van der Waals surface area contributed by atoms with Gasteiger partial charge in [-0.3, -0.25) is 14.1 Å². The predicted octanol–water partition coefficient (Wildman–Crippen LogP) is 0.996. The first-order chi connectivity index (χ1) is 10.2. The Kier molecular flexibility index (Phi) is 2.84. The lowest BCUT2D eigenvalue weighted by atomic mass is 9.83. The third-order valence-electron chi connectivity index (χ3n) is 3.44. The fourth-order valence-corrected chi connectivity index (χ4v) is 3.10. The highest BCUT2D eigenvalue weighted by Gasteiger charge is 2.36. The van der Waals surface area contributed by atoms with Gasteiger partial charge in [-0.1, -0.05) is 24.3 Å². The maximum Gasteiger partial charge on any atom is 0.298 e. The number of hydrogen-bond acceptors (Lipinski definition) is 6. The molecule has 0 heterocycles. The molecule has 2 aromatic rings. The Hall–Kier alpha value is -2.71. The number of nitrogens with two attached hydrogens (primary N) is 1. The van der Waals surface area contributed by atoms with Gasteiger partial charge in [-0.05, 0) is 6.07 Å². The SMILES string of the molecule is Nc1cc(S(=O)(=O)O)c(O)c2c1C(=O)c1ccccc1C2=O. The van der Waals surface area contributed by atoms with Crippen LogP contribution in [0, 0.1) is 0 Å². The first-order valence-corrected chi connectivity index (χ1v) is 7.49. The summed E-state index contributed by atoms with van der Waals surface area (Å²) in [6.45, 7) is 0. The molecule has 0 saturated carbocycles. The first-order valence-electron chi connectivity index (χ1n) is 6.05. The van der Waals surface area contributed by atoms with Crippen LogP contribution in [0.15, 0.2) is 35.2 Å². The van der Waals surface area contributed by atoms with E-state index in [1.54, 1.807) is 6.07 Å². The zero-order valence-corrected chi connectivity index (χ0v) is 11.7. The van der Waals surface area contributed by atoms with Crippen LogP contribution in [0.2, 0.25) is 0 Å². The van der Waals surface area contributed by atoms with E-state index in [0.717, 1.165) is 6.07 Å². The van der Waals surface area contributed by atoms with Crippen molar-refractivity contribution in [3.05, 3.63) is 52.6 Å². The van der Waals surface area contributed by atoms with E-state index in [9.17, 15) is 23.1 Å². The summed E-state index contributed by atoms with van der Waals surface area (Å²) in [6, 6.07) is 6.67. The van der Waals surface area contributed by atoms with Gasteiger partial charge in [-0.2, -0.15) is 8.42 Å². The van der Waals surface area contributed by atoms with Crippen LogP contribution in [0.4, 0.5) is 5.69 Å². The normalized spacial score (nSPS) is 13.7. The quantitative estimate of drug-likeness (QED) is 0.346. The molecule has 0 aliphatic heterocycles. The van der Waals surface area contributed by atoms with Crippen molar-refractivity contribution in [3.8, 4) is 5.75 Å². The number of anilines is 1. The number of rotatable bonds is 1. The molecule has 0 radical (unpaired) electrons. The average Bonchev–Trinajstić information content (AvgIpc) is 2.45. The molecule has 0 bridgehead atoms. The minimum atomic E-state index is -4.80. The van der Waals surface area contributed by atoms with Gasteiger partial charge >= 0.3 is 0 Å². The van der Waals surface area contributed by atoms with E-state index in [0.29, 0.717) is 0 Å². The van der Waals surface area contributed by atoms with Crippen LogP contribution in [0.1, 0.15) is 31.8 Å². The molecule has 0 aromatic heterocycles. The molecule has 7 nitrogen and oxygen atoms in total. The monoisotopic (exact) mass is 319 g/mol. The van der Waals surface area contributed by atoms with Gasteiger partial charge in [0.05, 0.1) is 11.1 Å². The van der Waals surface area contributed by atoms with Crippen molar-refractivity contribution >= 4 is 27.4 Å². The molecule has 1 aliphatic rings. The van der Waals surface area contributed by atoms with Crippen molar-refractivity contribution in [3.63, 3.8) is 0 Å². The molecule has 3 rings (SSSR count). The molecule has 0 unspecified atom stereocenters. The molecular formula is C14H9NO6S. The van der Waals surface area contributed by atoms with E-state index in [4.69, 9.17) is 10.3 Å². The van der Waals surface area contributed by atoms with E-state index in [-0.39, 0.29) is 22.4 Å². The van der Waals surface area contributed by atoms with Crippen molar-refractivity contribution in [2.75, 3.05) is 5.73 Å². The van der Waals surface area contributed by atoms with Crippen LogP contribution in [0.25, 0.3) is 0 Å². The van der Waals surface area contributed by atoms with Gasteiger partial charge < -0.3 is 10.8 Å². The highest BCUT2D eigenvalue weighted by molar-refractivity contribution is 7.86. The number of nitrogen functional groups attached to an aromatic ring is 1. The number of carbonyl (C=O) groups is 2. The molecule has 2 aromatic carbocycles. The van der Waals surface area contributed by atoms with Gasteiger partial charge in [0.25, 0.3) is 10.1 Å². The van der Waals surface area contributed by atoms with E-state index in [1.165, 1.54) is 18.2 Å². The summed E-state index contributed by atoms with van der Waals surface area (Å²) in [5, 5.41) is 10.0. The van der Waals surface area contributed by atoms with Crippen LogP contribution in [-0.2, 0) is 10.1 Å². The van der Waals surface area contributed by atoms with Crippen LogP contribution in [0.5, 0.6) is 5.75 Å². The fraction of sp³-hybridized carbons (Fsp3) is 0. The number of ketones is 2. The number of phenolic OH excluding ortho intramolecular Hbond substituents is 1. The van der Waals surface area contributed by atoms with Crippen molar-refractivity contribution < 1.29 is 27.7 Å². The second kappa shape index (κ2) is 4.39. The molecule has 8 heteroatoms. The minimum Gasteiger partial charge on any atom is -0.506 e. The summed E-state index contributed by atoms with van der Waals surface area (Å²) in [4.78, 5) is 24.0. The second-order valence-electron chi connectivity index (χ2n) is 4.74. The lowest BCUT2D eigenvalue weighted by Gasteiger charge is -2.20. The largest absolute Gasteiger partial charge is 0.506 e. The number of carbonyl (C=O) groups excluding carboxylic acids is 2. The second-order valence-corrected chi connectivity index (χ2v) is 6.13. The maximum atomic E-state index is 12.5. The fourth-order valence-electron chi connectivity index (χ4n) is 2.48. The molecule has 112 valence electrons. The Morgan fingerprint density at radius 2 is 1.45 bits per heavy atom. The highest BCUT2D eigenvalue weighted by atomic mass is 32.2. The molecule has 0 spiro atoms. The third kappa shape index (κ3) is 1.81. The van der Waals surface area contributed by atoms with E-state index in [1.807, 2.05) is 0 Å². The van der Waals surface area contributed by atoms with Crippen LogP contribution in [0.3, 0.4) is 0 Å². The molecule has 22 heavy (non-hydrogen) atoms. The van der Waals surface area contributed by atoms with Gasteiger partial charge in [-0.25, -0.2) is 0 Å². The summed E-state index contributed by atoms with van der Waals surface area (Å²) in [7, 11) is -4.80. The molecule has 0 atom stereocenters. The van der Waals surface area contributed by atoms with Gasteiger partial charge in [0.15, 0.2) is 11.6 Å². The smallest absolute Gasteiger partial charge is 0.298 e. The topological polar surface area (TPSA) is 135 Å². The number of phenols is 1. The molecule has 0 amide bonds. The Labute approximate surface area is 124 Å². The summed E-state index contributed by atoms with van der Waals surface area (Å²) < 4.78 is 31.6. The van der Waals surface area contributed by atoms with Crippen molar-refractivity contribution in [2.45, 2.75) is 4.90 Å².